The topological polar surface area (TPSA) is 18.5 Å². The van der Waals surface area contributed by atoms with Gasteiger partial charge in [-0.1, -0.05) is 91.4 Å². The highest BCUT2D eigenvalue weighted by atomic mass is 16.6. The zero-order valence-corrected chi connectivity index (χ0v) is 16.9. The van der Waals surface area contributed by atoms with Gasteiger partial charge in [-0.2, -0.15) is 0 Å². The van der Waals surface area contributed by atoms with E-state index in [1.165, 1.54) is 83.5 Å². The molecule has 1 aliphatic rings. The normalized spacial score (nSPS) is 20.9. The third-order valence-electron chi connectivity index (χ3n) is 5.55. The van der Waals surface area contributed by atoms with Gasteiger partial charge >= 0.3 is 0 Å². The van der Waals surface area contributed by atoms with Crippen molar-refractivity contribution in [1.82, 2.24) is 0 Å². The van der Waals surface area contributed by atoms with Gasteiger partial charge in [0.2, 0.25) is 0 Å². The lowest BCUT2D eigenvalue weighted by atomic mass is 9.82. The van der Waals surface area contributed by atoms with Crippen LogP contribution in [0.5, 0.6) is 0 Å². The van der Waals surface area contributed by atoms with Crippen LogP contribution in [0.3, 0.4) is 0 Å². The van der Waals surface area contributed by atoms with E-state index in [-0.39, 0.29) is 0 Å². The number of rotatable bonds is 15. The summed E-state index contributed by atoms with van der Waals surface area (Å²) in [6.07, 6.45) is 18.3. The molecular weight excluding hydrogens is 296 g/mol. The van der Waals surface area contributed by atoms with Crippen LogP contribution in [0.25, 0.3) is 0 Å². The molecule has 0 saturated carbocycles. The van der Waals surface area contributed by atoms with E-state index in [9.17, 15) is 0 Å². The van der Waals surface area contributed by atoms with Gasteiger partial charge in [-0.3, -0.25) is 0 Å². The van der Waals surface area contributed by atoms with Gasteiger partial charge in [0.1, 0.15) is 0 Å². The Morgan fingerprint density at radius 3 is 2.04 bits per heavy atom. The molecule has 1 aliphatic heterocycles. The predicted octanol–water partition coefficient (Wildman–Crippen LogP) is 6.77. The number of hydrogen-bond donors (Lipinski definition) is 0. The van der Waals surface area contributed by atoms with Crippen LogP contribution in [0, 0.1) is 11.8 Å². The van der Waals surface area contributed by atoms with Gasteiger partial charge < -0.3 is 9.47 Å². The molecule has 0 amide bonds. The summed E-state index contributed by atoms with van der Waals surface area (Å²) in [5.41, 5.74) is 0. The Hall–Kier alpha value is -0.0800. The van der Waals surface area contributed by atoms with Crippen molar-refractivity contribution in [3.63, 3.8) is 0 Å². The Morgan fingerprint density at radius 2 is 1.42 bits per heavy atom. The van der Waals surface area contributed by atoms with E-state index in [2.05, 4.69) is 20.8 Å². The first kappa shape index (κ1) is 22.0. The van der Waals surface area contributed by atoms with Crippen molar-refractivity contribution in [2.24, 2.45) is 11.8 Å². The Balaban J connectivity index is 2.45. The third kappa shape index (κ3) is 10.7. The fourth-order valence-corrected chi connectivity index (χ4v) is 4.07. The molecule has 0 aromatic rings. The van der Waals surface area contributed by atoms with Crippen LogP contribution in [-0.2, 0) is 9.47 Å². The zero-order valence-electron chi connectivity index (χ0n) is 16.9. The lowest BCUT2D eigenvalue weighted by Gasteiger charge is -2.29. The zero-order chi connectivity index (χ0) is 17.5. The van der Waals surface area contributed by atoms with Crippen LogP contribution in [-0.4, -0.2) is 25.9 Å². The second kappa shape index (κ2) is 15.2. The SMILES string of the molecule is CCCCCCC(CCCC)CC(CCCC)CC1COCCO1. The van der Waals surface area contributed by atoms with Crippen LogP contribution in [0.2, 0.25) is 0 Å². The van der Waals surface area contributed by atoms with Gasteiger partial charge in [0.25, 0.3) is 0 Å². The van der Waals surface area contributed by atoms with Crippen LogP contribution in [0.15, 0.2) is 0 Å². The molecule has 0 spiro atoms. The number of unbranched alkanes of at least 4 members (excludes halogenated alkanes) is 5. The molecule has 0 N–H and O–H groups in total. The van der Waals surface area contributed by atoms with Crippen molar-refractivity contribution < 1.29 is 9.47 Å². The summed E-state index contributed by atoms with van der Waals surface area (Å²) < 4.78 is 11.6. The van der Waals surface area contributed by atoms with E-state index >= 15 is 0 Å². The average molecular weight is 341 g/mol. The van der Waals surface area contributed by atoms with Crippen LogP contribution < -0.4 is 0 Å². The van der Waals surface area contributed by atoms with Crippen molar-refractivity contribution in [1.29, 1.82) is 0 Å². The lowest BCUT2D eigenvalue weighted by molar-refractivity contribution is -0.0969. The van der Waals surface area contributed by atoms with E-state index < -0.39 is 0 Å². The maximum Gasteiger partial charge on any atom is 0.0812 e. The van der Waals surface area contributed by atoms with Gasteiger partial charge in [-0.05, 0) is 24.7 Å². The number of ether oxygens (including phenoxy) is 2. The maximum absolute atomic E-state index is 5.94. The molecule has 0 bridgehead atoms. The molecule has 1 heterocycles. The fraction of sp³-hybridized carbons (Fsp3) is 1.00. The molecule has 0 aromatic heterocycles. The van der Waals surface area contributed by atoms with Gasteiger partial charge in [-0.25, -0.2) is 0 Å². The van der Waals surface area contributed by atoms with Crippen LogP contribution in [0.4, 0.5) is 0 Å². The summed E-state index contributed by atoms with van der Waals surface area (Å²) in [6, 6.07) is 0. The quantitative estimate of drug-likeness (QED) is 0.306. The lowest BCUT2D eigenvalue weighted by Crippen LogP contribution is -2.31. The van der Waals surface area contributed by atoms with E-state index in [1.54, 1.807) is 0 Å². The summed E-state index contributed by atoms with van der Waals surface area (Å²) in [4.78, 5) is 0. The van der Waals surface area contributed by atoms with E-state index in [1.807, 2.05) is 0 Å². The molecule has 0 aromatic carbocycles. The highest BCUT2D eigenvalue weighted by molar-refractivity contribution is 4.73. The molecule has 1 rings (SSSR count). The van der Waals surface area contributed by atoms with Crippen LogP contribution >= 0.6 is 0 Å². The molecular formula is C22H44O2. The monoisotopic (exact) mass is 340 g/mol. The van der Waals surface area contributed by atoms with Gasteiger partial charge in [-0.15, -0.1) is 0 Å². The first-order valence-electron chi connectivity index (χ1n) is 11.0. The minimum Gasteiger partial charge on any atom is -0.376 e. The van der Waals surface area contributed by atoms with Crippen molar-refractivity contribution in [3.05, 3.63) is 0 Å². The molecule has 3 atom stereocenters. The Bertz CT molecular complexity index is 261. The van der Waals surface area contributed by atoms with Crippen LogP contribution in [0.1, 0.15) is 104 Å². The van der Waals surface area contributed by atoms with E-state index in [0.717, 1.165) is 31.7 Å². The second-order valence-corrected chi connectivity index (χ2v) is 7.90. The molecule has 0 aliphatic carbocycles. The fourth-order valence-electron chi connectivity index (χ4n) is 4.07. The van der Waals surface area contributed by atoms with Gasteiger partial charge in [0.15, 0.2) is 0 Å². The van der Waals surface area contributed by atoms with E-state index in [0.29, 0.717) is 6.10 Å². The Labute approximate surface area is 152 Å². The smallest absolute Gasteiger partial charge is 0.0812 e. The summed E-state index contributed by atoms with van der Waals surface area (Å²) >= 11 is 0. The van der Waals surface area contributed by atoms with Gasteiger partial charge in [0, 0.05) is 0 Å². The minimum atomic E-state index is 0.354. The molecule has 1 fully saturated rings. The Kier molecular flexibility index (Phi) is 13.9. The van der Waals surface area contributed by atoms with E-state index in [4.69, 9.17) is 9.47 Å². The van der Waals surface area contributed by atoms with Gasteiger partial charge in [0.05, 0.1) is 25.9 Å². The first-order valence-corrected chi connectivity index (χ1v) is 11.0. The molecule has 1 saturated heterocycles. The van der Waals surface area contributed by atoms with Crippen molar-refractivity contribution in [2.45, 2.75) is 110 Å². The van der Waals surface area contributed by atoms with Crippen molar-refractivity contribution in [2.75, 3.05) is 19.8 Å². The Morgan fingerprint density at radius 1 is 0.750 bits per heavy atom. The third-order valence-corrected chi connectivity index (χ3v) is 5.55. The molecule has 144 valence electrons. The highest BCUT2D eigenvalue weighted by Gasteiger charge is 2.22. The predicted molar refractivity (Wildman–Crippen MR) is 105 cm³/mol. The largest absolute Gasteiger partial charge is 0.376 e. The summed E-state index contributed by atoms with van der Waals surface area (Å²) in [5.74, 6) is 1.78. The molecule has 24 heavy (non-hydrogen) atoms. The highest BCUT2D eigenvalue weighted by Crippen LogP contribution is 2.30. The first-order chi connectivity index (χ1) is 11.8. The average Bonchev–Trinajstić information content (AvgIpc) is 2.61. The molecule has 2 heteroatoms. The second-order valence-electron chi connectivity index (χ2n) is 7.90. The molecule has 0 radical (unpaired) electrons. The standard InChI is InChI=1S/C22H44O2/c1-4-7-10-11-14-20(12-8-5-2)17-21(13-9-6-3)18-22-19-23-15-16-24-22/h20-22H,4-19H2,1-3H3. The summed E-state index contributed by atoms with van der Waals surface area (Å²) in [7, 11) is 0. The minimum absolute atomic E-state index is 0.354. The maximum atomic E-state index is 5.94. The molecule has 3 unspecified atom stereocenters. The summed E-state index contributed by atoms with van der Waals surface area (Å²) in [6.45, 7) is 9.35. The van der Waals surface area contributed by atoms with Crippen molar-refractivity contribution in [3.8, 4) is 0 Å². The van der Waals surface area contributed by atoms with Crippen molar-refractivity contribution >= 4 is 0 Å². The number of hydrogen-bond acceptors (Lipinski definition) is 2. The molecule has 2 nitrogen and oxygen atoms in total. The summed E-state index contributed by atoms with van der Waals surface area (Å²) in [5, 5.41) is 0.